The summed E-state index contributed by atoms with van der Waals surface area (Å²) in [6, 6.07) is -2.28. The molecular formula is C27H40N2O15S. The van der Waals surface area contributed by atoms with E-state index in [4.69, 9.17) is 37.9 Å². The van der Waals surface area contributed by atoms with Crippen LogP contribution in [-0.4, -0.2) is 122 Å². The number of methoxy groups -OCH3 is 1. The molecule has 2 fully saturated rings. The molecule has 0 aromatic rings. The molecule has 2 aliphatic heterocycles. The first-order valence-corrected chi connectivity index (χ1v) is 14.8. The molecule has 2 aliphatic rings. The van der Waals surface area contributed by atoms with Gasteiger partial charge in [0.25, 0.3) is 0 Å². The average Bonchev–Trinajstić information content (AvgIpc) is 2.90. The van der Waals surface area contributed by atoms with Crippen LogP contribution in [-0.2, 0) is 71.5 Å². The number of carbonyl (C=O) groups is 7. The fraction of sp³-hybridized carbons (Fsp3) is 0.741. The molecule has 2 N–H and O–H groups in total. The number of nitrogens with one attached hydrogen (secondary N) is 2. The number of ether oxygens (including phenoxy) is 8. The zero-order valence-electron chi connectivity index (χ0n) is 26.2. The molecule has 0 aromatic heterocycles. The van der Waals surface area contributed by atoms with Crippen molar-refractivity contribution in [1.82, 2.24) is 10.6 Å². The van der Waals surface area contributed by atoms with Gasteiger partial charge in [0.05, 0.1) is 5.25 Å². The second-order valence-corrected chi connectivity index (χ2v) is 11.5. The molecule has 10 atom stereocenters. The lowest BCUT2D eigenvalue weighted by molar-refractivity contribution is -0.232. The molecule has 2 saturated heterocycles. The molecule has 2 amide bonds. The van der Waals surface area contributed by atoms with E-state index in [2.05, 4.69) is 10.6 Å². The quantitative estimate of drug-likeness (QED) is 0.191. The standard InChI is InChI=1S/C27H40N2O15S/c1-11(30)28-20-24(42-17(7)36)25(19(10-39-14(4)33)43-26(20)37-8)45-27-21(29-12(2)31)23(41-16(6)35)22(40-15(5)34)18(44-27)9-38-13(3)32/h18-27H,9-10H2,1-8H3,(H,28,30)(H,29,31)/t18-,19-,20-,21-,22-,23-,24-,25-,26+,27+/m1/s1. The van der Waals surface area contributed by atoms with E-state index in [-0.39, 0.29) is 6.61 Å². The van der Waals surface area contributed by atoms with Gasteiger partial charge in [-0.2, -0.15) is 0 Å². The van der Waals surface area contributed by atoms with Crippen molar-refractivity contribution >= 4 is 53.4 Å². The summed E-state index contributed by atoms with van der Waals surface area (Å²) in [4.78, 5) is 84.7. The van der Waals surface area contributed by atoms with Crippen molar-refractivity contribution in [2.45, 2.75) is 108 Å². The number of hydrogen-bond acceptors (Lipinski definition) is 16. The van der Waals surface area contributed by atoms with Gasteiger partial charge in [-0.05, 0) is 0 Å². The van der Waals surface area contributed by atoms with Gasteiger partial charge in [-0.25, -0.2) is 0 Å². The van der Waals surface area contributed by atoms with Gasteiger partial charge in [0.1, 0.15) is 49.0 Å². The first-order chi connectivity index (χ1) is 21.0. The average molecular weight is 665 g/mol. The van der Waals surface area contributed by atoms with Crippen LogP contribution in [0.1, 0.15) is 48.5 Å². The minimum atomic E-state index is -1.36. The van der Waals surface area contributed by atoms with E-state index in [9.17, 15) is 33.6 Å². The molecule has 0 unspecified atom stereocenters. The Morgan fingerprint density at radius 1 is 0.600 bits per heavy atom. The molecule has 0 aromatic carbocycles. The molecule has 2 rings (SSSR count). The zero-order chi connectivity index (χ0) is 34.0. The van der Waals surface area contributed by atoms with E-state index in [0.717, 1.165) is 39.5 Å². The maximum Gasteiger partial charge on any atom is 0.303 e. The number of amides is 2. The van der Waals surface area contributed by atoms with Crippen LogP contribution in [0.2, 0.25) is 0 Å². The summed E-state index contributed by atoms with van der Waals surface area (Å²) in [5.41, 5.74) is -1.20. The highest BCUT2D eigenvalue weighted by molar-refractivity contribution is 8.00. The van der Waals surface area contributed by atoms with E-state index in [0.29, 0.717) is 0 Å². The molecule has 0 radical (unpaired) electrons. The summed E-state index contributed by atoms with van der Waals surface area (Å²) in [5.74, 6) is -4.70. The van der Waals surface area contributed by atoms with E-state index >= 15 is 0 Å². The molecule has 254 valence electrons. The van der Waals surface area contributed by atoms with Crippen molar-refractivity contribution < 1.29 is 71.5 Å². The van der Waals surface area contributed by atoms with Gasteiger partial charge in [0, 0.05) is 55.6 Å². The molecule has 2 heterocycles. The Labute approximate surface area is 263 Å². The van der Waals surface area contributed by atoms with Crippen LogP contribution in [0.25, 0.3) is 0 Å². The van der Waals surface area contributed by atoms with Crippen molar-refractivity contribution in [1.29, 1.82) is 0 Å². The van der Waals surface area contributed by atoms with Crippen molar-refractivity contribution in [3.63, 3.8) is 0 Å². The highest BCUT2D eigenvalue weighted by atomic mass is 32.2. The Hall–Kier alpha value is -3.48. The summed E-state index contributed by atoms with van der Waals surface area (Å²) < 4.78 is 44.8. The molecule has 0 aliphatic carbocycles. The number of esters is 5. The molecule has 17 nitrogen and oxygen atoms in total. The smallest absolute Gasteiger partial charge is 0.303 e. The first kappa shape index (κ1) is 37.7. The van der Waals surface area contributed by atoms with Crippen LogP contribution in [0.15, 0.2) is 0 Å². The highest BCUT2D eigenvalue weighted by Gasteiger charge is 2.55. The zero-order valence-corrected chi connectivity index (χ0v) is 27.0. The predicted octanol–water partition coefficient (Wildman–Crippen LogP) is -0.885. The van der Waals surface area contributed by atoms with Gasteiger partial charge >= 0.3 is 29.8 Å². The van der Waals surface area contributed by atoms with Crippen LogP contribution >= 0.6 is 11.8 Å². The third-order valence-corrected chi connectivity index (χ3v) is 7.92. The second-order valence-electron chi connectivity index (χ2n) is 10.2. The first-order valence-electron chi connectivity index (χ1n) is 13.9. The minimum absolute atomic E-state index is 0.352. The van der Waals surface area contributed by atoms with Crippen LogP contribution < -0.4 is 10.6 Å². The summed E-state index contributed by atoms with van der Waals surface area (Å²) in [5, 5.41) is 4.31. The van der Waals surface area contributed by atoms with Crippen LogP contribution in [0.3, 0.4) is 0 Å². The largest absolute Gasteiger partial charge is 0.463 e. The second kappa shape index (κ2) is 17.3. The van der Waals surface area contributed by atoms with Crippen molar-refractivity contribution in [2.75, 3.05) is 20.3 Å². The summed E-state index contributed by atoms with van der Waals surface area (Å²) in [6.45, 7) is 7.34. The van der Waals surface area contributed by atoms with Crippen molar-refractivity contribution in [3.8, 4) is 0 Å². The van der Waals surface area contributed by atoms with Gasteiger partial charge in [0.2, 0.25) is 11.8 Å². The summed E-state index contributed by atoms with van der Waals surface area (Å²) in [7, 11) is 1.30. The van der Waals surface area contributed by atoms with Crippen molar-refractivity contribution in [2.24, 2.45) is 0 Å². The maximum atomic E-state index is 12.4. The van der Waals surface area contributed by atoms with Gasteiger partial charge < -0.3 is 48.5 Å². The molecule has 0 saturated carbocycles. The monoisotopic (exact) mass is 664 g/mol. The topological polar surface area (TPSA) is 217 Å². The lowest BCUT2D eigenvalue weighted by atomic mass is 9.97. The van der Waals surface area contributed by atoms with Gasteiger partial charge in [-0.1, -0.05) is 0 Å². The van der Waals surface area contributed by atoms with Crippen molar-refractivity contribution in [3.05, 3.63) is 0 Å². The number of hydrogen-bond donors (Lipinski definition) is 2. The third kappa shape index (κ3) is 11.4. The van der Waals surface area contributed by atoms with E-state index in [1.807, 2.05) is 0 Å². The SMILES string of the molecule is CO[C@H]1O[C@H](COC(C)=O)[C@@H](S[C@@H]2O[C@H](COC(C)=O)[C@@H](OC(C)=O)[C@H](OC(C)=O)[C@H]2NC(C)=O)[C@H](OC(C)=O)[C@H]1NC(C)=O. The lowest BCUT2D eigenvalue weighted by Gasteiger charge is -2.49. The highest BCUT2D eigenvalue weighted by Crippen LogP contribution is 2.40. The summed E-state index contributed by atoms with van der Waals surface area (Å²) >= 11 is 0.925. The molecule has 45 heavy (non-hydrogen) atoms. The molecule has 0 bridgehead atoms. The number of carbonyl (C=O) groups excluding carboxylic acids is 7. The Kier molecular flexibility index (Phi) is 14.5. The fourth-order valence-electron chi connectivity index (χ4n) is 4.88. The Morgan fingerprint density at radius 2 is 1.07 bits per heavy atom. The Bertz CT molecular complexity index is 1120. The molecular weight excluding hydrogens is 624 g/mol. The van der Waals surface area contributed by atoms with Crippen LogP contribution in [0.5, 0.6) is 0 Å². The van der Waals surface area contributed by atoms with E-state index < -0.39 is 108 Å². The van der Waals surface area contributed by atoms with Gasteiger partial charge in [-0.3, -0.25) is 33.6 Å². The lowest BCUT2D eigenvalue weighted by Crippen LogP contribution is -2.68. The number of rotatable bonds is 12. The Balaban J connectivity index is 2.69. The normalized spacial score (nSPS) is 31.0. The summed E-state index contributed by atoms with van der Waals surface area (Å²) in [6.07, 6.45) is -7.32. The number of thioether (sulfide) groups is 1. The maximum absolute atomic E-state index is 12.4. The Morgan fingerprint density at radius 3 is 1.53 bits per heavy atom. The van der Waals surface area contributed by atoms with Crippen LogP contribution in [0.4, 0.5) is 0 Å². The van der Waals surface area contributed by atoms with Gasteiger partial charge in [-0.15, -0.1) is 11.8 Å². The minimum Gasteiger partial charge on any atom is -0.463 e. The van der Waals surface area contributed by atoms with E-state index in [1.165, 1.54) is 27.9 Å². The van der Waals surface area contributed by atoms with E-state index in [1.54, 1.807) is 0 Å². The van der Waals surface area contributed by atoms with Crippen LogP contribution in [0, 0.1) is 0 Å². The molecule has 0 spiro atoms. The predicted molar refractivity (Wildman–Crippen MR) is 151 cm³/mol. The van der Waals surface area contributed by atoms with Gasteiger partial charge in [0.15, 0.2) is 18.5 Å². The third-order valence-electron chi connectivity index (χ3n) is 6.36. The molecule has 18 heteroatoms. The fourth-order valence-corrected chi connectivity index (χ4v) is 6.49.